The van der Waals surface area contributed by atoms with Crippen LogP contribution in [0, 0.1) is 0 Å². The van der Waals surface area contributed by atoms with Crippen LogP contribution in [-0.2, 0) is 0 Å². The lowest BCUT2D eigenvalue weighted by molar-refractivity contribution is 0.0936. The van der Waals surface area contributed by atoms with Gasteiger partial charge in [-0.2, -0.15) is 0 Å². The molecular formula is C13H19BrN2O2. The molecule has 1 unspecified atom stereocenters. The number of nitrogens with zero attached hydrogens (tertiary/aromatic N) is 1. The van der Waals surface area contributed by atoms with Crippen LogP contribution >= 0.6 is 15.9 Å². The zero-order chi connectivity index (χ0) is 13.7. The maximum atomic E-state index is 11.9. The number of rotatable bonds is 5. The number of phenols is 1. The summed E-state index contributed by atoms with van der Waals surface area (Å²) in [6.45, 7) is 2.90. The zero-order valence-corrected chi connectivity index (χ0v) is 12.5. The number of hydrogen-bond acceptors (Lipinski definition) is 3. The van der Waals surface area contributed by atoms with Gasteiger partial charge in [-0.05, 0) is 68.1 Å². The van der Waals surface area contributed by atoms with Crippen molar-refractivity contribution in [2.24, 2.45) is 0 Å². The summed E-state index contributed by atoms with van der Waals surface area (Å²) in [6.07, 6.45) is 0.890. The molecule has 0 spiro atoms. The summed E-state index contributed by atoms with van der Waals surface area (Å²) in [7, 11) is 4.00. The predicted molar refractivity (Wildman–Crippen MR) is 75.9 cm³/mol. The third-order valence-corrected chi connectivity index (χ3v) is 3.27. The van der Waals surface area contributed by atoms with Crippen LogP contribution in [0.1, 0.15) is 23.7 Å². The van der Waals surface area contributed by atoms with Crippen molar-refractivity contribution in [1.29, 1.82) is 0 Å². The summed E-state index contributed by atoms with van der Waals surface area (Å²) in [5, 5.41) is 12.4. The predicted octanol–water partition coefficient (Wildman–Crippen LogP) is 2.22. The van der Waals surface area contributed by atoms with Gasteiger partial charge in [-0.1, -0.05) is 0 Å². The second-order valence-corrected chi connectivity index (χ2v) is 5.49. The number of nitrogens with one attached hydrogen (secondary N) is 1. The molecule has 4 nitrogen and oxygen atoms in total. The van der Waals surface area contributed by atoms with Crippen molar-refractivity contribution >= 4 is 21.8 Å². The maximum absolute atomic E-state index is 11.9. The van der Waals surface area contributed by atoms with Crippen molar-refractivity contribution in [3.63, 3.8) is 0 Å². The van der Waals surface area contributed by atoms with Crippen molar-refractivity contribution in [3.8, 4) is 5.75 Å². The van der Waals surface area contributed by atoms with Gasteiger partial charge in [0.1, 0.15) is 5.75 Å². The third kappa shape index (κ3) is 4.66. The Labute approximate surface area is 116 Å². The molecular weight excluding hydrogens is 296 g/mol. The van der Waals surface area contributed by atoms with Gasteiger partial charge in [0.2, 0.25) is 0 Å². The quantitative estimate of drug-likeness (QED) is 0.876. The van der Waals surface area contributed by atoms with Crippen molar-refractivity contribution in [3.05, 3.63) is 28.2 Å². The third-order valence-electron chi connectivity index (χ3n) is 2.60. The van der Waals surface area contributed by atoms with Crippen LogP contribution in [0.5, 0.6) is 5.75 Å². The van der Waals surface area contributed by atoms with E-state index >= 15 is 0 Å². The van der Waals surface area contributed by atoms with Gasteiger partial charge in [-0.25, -0.2) is 0 Å². The van der Waals surface area contributed by atoms with Gasteiger partial charge < -0.3 is 15.3 Å². The molecule has 0 radical (unpaired) electrons. The Hall–Kier alpha value is -1.07. The highest BCUT2D eigenvalue weighted by Gasteiger charge is 2.11. The molecule has 100 valence electrons. The summed E-state index contributed by atoms with van der Waals surface area (Å²) >= 11 is 3.18. The SMILES string of the molecule is CC(CCN(C)C)NC(=O)c1ccc(Br)c(O)c1. The van der Waals surface area contributed by atoms with E-state index in [1.807, 2.05) is 21.0 Å². The maximum Gasteiger partial charge on any atom is 0.251 e. The first-order chi connectivity index (χ1) is 8.40. The molecule has 0 aliphatic heterocycles. The van der Waals surface area contributed by atoms with Gasteiger partial charge in [0, 0.05) is 11.6 Å². The van der Waals surface area contributed by atoms with E-state index in [1.165, 1.54) is 6.07 Å². The normalized spacial score (nSPS) is 12.5. The first-order valence-electron chi connectivity index (χ1n) is 5.84. The van der Waals surface area contributed by atoms with Crippen LogP contribution in [0.2, 0.25) is 0 Å². The molecule has 0 saturated heterocycles. The Balaban J connectivity index is 2.56. The van der Waals surface area contributed by atoms with Crippen molar-refractivity contribution in [2.45, 2.75) is 19.4 Å². The second kappa shape index (κ2) is 6.75. The van der Waals surface area contributed by atoms with Crippen molar-refractivity contribution < 1.29 is 9.90 Å². The summed E-state index contributed by atoms with van der Waals surface area (Å²) in [5.41, 5.74) is 0.465. The second-order valence-electron chi connectivity index (χ2n) is 4.63. The molecule has 1 aromatic carbocycles. The van der Waals surface area contributed by atoms with Crippen molar-refractivity contribution in [2.75, 3.05) is 20.6 Å². The minimum atomic E-state index is -0.163. The number of hydrogen-bond donors (Lipinski definition) is 2. The lowest BCUT2D eigenvalue weighted by Crippen LogP contribution is -2.34. The fourth-order valence-electron chi connectivity index (χ4n) is 1.49. The minimum Gasteiger partial charge on any atom is -0.507 e. The molecule has 0 aliphatic carbocycles. The number of aromatic hydroxyl groups is 1. The minimum absolute atomic E-state index is 0.0728. The largest absolute Gasteiger partial charge is 0.507 e. The molecule has 0 bridgehead atoms. The highest BCUT2D eigenvalue weighted by molar-refractivity contribution is 9.10. The summed E-state index contributed by atoms with van der Waals surface area (Å²) in [5.74, 6) is -0.0901. The molecule has 1 aromatic rings. The number of benzene rings is 1. The number of carbonyl (C=O) groups is 1. The Bertz CT molecular complexity index is 421. The van der Waals surface area contributed by atoms with E-state index in [9.17, 15) is 9.90 Å². The standard InChI is InChI=1S/C13H19BrN2O2/c1-9(6-7-16(2)3)15-13(18)10-4-5-11(14)12(17)8-10/h4-5,8-9,17H,6-7H2,1-3H3,(H,15,18). The molecule has 18 heavy (non-hydrogen) atoms. The Kier molecular flexibility index (Phi) is 5.62. The van der Waals surface area contributed by atoms with Crippen LogP contribution in [0.15, 0.2) is 22.7 Å². The van der Waals surface area contributed by atoms with Gasteiger partial charge in [0.15, 0.2) is 0 Å². The van der Waals surface area contributed by atoms with E-state index in [4.69, 9.17) is 0 Å². The van der Waals surface area contributed by atoms with Gasteiger partial charge in [-0.15, -0.1) is 0 Å². The number of halogens is 1. The lowest BCUT2D eigenvalue weighted by atomic mass is 10.1. The first-order valence-corrected chi connectivity index (χ1v) is 6.63. The molecule has 0 aromatic heterocycles. The van der Waals surface area contributed by atoms with Gasteiger partial charge >= 0.3 is 0 Å². The summed E-state index contributed by atoms with van der Waals surface area (Å²) in [6, 6.07) is 4.90. The van der Waals surface area contributed by atoms with Gasteiger partial charge in [-0.3, -0.25) is 4.79 Å². The summed E-state index contributed by atoms with van der Waals surface area (Å²) < 4.78 is 0.583. The number of amides is 1. The van der Waals surface area contributed by atoms with E-state index in [1.54, 1.807) is 12.1 Å². The molecule has 5 heteroatoms. The van der Waals surface area contributed by atoms with E-state index in [0.29, 0.717) is 10.0 Å². The number of carbonyl (C=O) groups excluding carboxylic acids is 1. The molecule has 0 heterocycles. The molecule has 0 fully saturated rings. The van der Waals surface area contributed by atoms with Crippen LogP contribution in [0.25, 0.3) is 0 Å². The summed E-state index contributed by atoms with van der Waals surface area (Å²) in [4.78, 5) is 14.0. The lowest BCUT2D eigenvalue weighted by Gasteiger charge is -2.16. The van der Waals surface area contributed by atoms with E-state index < -0.39 is 0 Å². The highest BCUT2D eigenvalue weighted by Crippen LogP contribution is 2.24. The Morgan fingerprint density at radius 3 is 2.72 bits per heavy atom. The Morgan fingerprint density at radius 1 is 1.50 bits per heavy atom. The van der Waals surface area contributed by atoms with Crippen LogP contribution in [0.4, 0.5) is 0 Å². The monoisotopic (exact) mass is 314 g/mol. The average Bonchev–Trinajstić information content (AvgIpc) is 2.30. The topological polar surface area (TPSA) is 52.6 Å². The molecule has 0 aliphatic rings. The molecule has 2 N–H and O–H groups in total. The molecule has 1 atom stereocenters. The zero-order valence-electron chi connectivity index (χ0n) is 10.9. The number of phenolic OH excluding ortho intramolecular Hbond substituents is 1. The van der Waals surface area contributed by atoms with Crippen LogP contribution in [0.3, 0.4) is 0 Å². The van der Waals surface area contributed by atoms with Crippen LogP contribution < -0.4 is 5.32 Å². The fourth-order valence-corrected chi connectivity index (χ4v) is 1.73. The van der Waals surface area contributed by atoms with Gasteiger partial charge in [0.05, 0.1) is 4.47 Å². The van der Waals surface area contributed by atoms with E-state index in [0.717, 1.165) is 13.0 Å². The van der Waals surface area contributed by atoms with E-state index in [-0.39, 0.29) is 17.7 Å². The molecule has 1 amide bonds. The molecule has 1 rings (SSSR count). The highest BCUT2D eigenvalue weighted by atomic mass is 79.9. The van der Waals surface area contributed by atoms with Crippen LogP contribution in [-0.4, -0.2) is 42.6 Å². The van der Waals surface area contributed by atoms with Crippen molar-refractivity contribution in [1.82, 2.24) is 10.2 Å². The fraction of sp³-hybridized carbons (Fsp3) is 0.462. The van der Waals surface area contributed by atoms with E-state index in [2.05, 4.69) is 26.1 Å². The smallest absolute Gasteiger partial charge is 0.251 e. The average molecular weight is 315 g/mol. The molecule has 0 saturated carbocycles. The van der Waals surface area contributed by atoms with Gasteiger partial charge in [0.25, 0.3) is 5.91 Å². The first kappa shape index (κ1) is 15.0. The Morgan fingerprint density at radius 2 is 2.17 bits per heavy atom.